The average Bonchev–Trinajstić information content (AvgIpc) is 2.88. The Balaban J connectivity index is 1.13. The second-order valence-corrected chi connectivity index (χ2v) is 12.9. The molecule has 0 saturated heterocycles. The largest absolute Gasteiger partial charge is 0.297 e. The summed E-state index contributed by atoms with van der Waals surface area (Å²) in [6, 6.07) is 0. The molecule has 2 nitrogen and oxygen atoms in total. The molecule has 0 bridgehead atoms. The monoisotopic (exact) mass is 440 g/mol. The van der Waals surface area contributed by atoms with Gasteiger partial charge in [-0.05, 0) is 113 Å². The molecule has 0 aromatic heterocycles. The van der Waals surface area contributed by atoms with Crippen molar-refractivity contribution in [2.75, 3.05) is 0 Å². The summed E-state index contributed by atoms with van der Waals surface area (Å²) in [4.78, 5) is 27.3. The first kappa shape index (κ1) is 23.1. The lowest BCUT2D eigenvalue weighted by Crippen LogP contribution is -2.68. The number of Topliss-reactive ketones (excluding diaryl/α,β-unsaturated/α-hetero) is 2. The third-order valence-corrected chi connectivity index (χ3v) is 11.8. The molecule has 0 heterocycles. The van der Waals surface area contributed by atoms with Crippen LogP contribution in [0.15, 0.2) is 0 Å². The summed E-state index contributed by atoms with van der Waals surface area (Å²) in [5, 5.41) is 0. The van der Waals surface area contributed by atoms with Crippen LogP contribution in [0.25, 0.3) is 0 Å². The van der Waals surface area contributed by atoms with Gasteiger partial charge in [-0.15, -0.1) is 0 Å². The molecule has 0 radical (unpaired) electrons. The fraction of sp³-hybridized carbons (Fsp3) is 0.933. The van der Waals surface area contributed by atoms with Gasteiger partial charge >= 0.3 is 0 Å². The van der Waals surface area contributed by atoms with Crippen LogP contribution in [0.3, 0.4) is 0 Å². The molecule has 0 amide bonds. The van der Waals surface area contributed by atoms with Crippen molar-refractivity contribution in [3.8, 4) is 0 Å². The van der Waals surface area contributed by atoms with Crippen LogP contribution < -0.4 is 0 Å². The van der Waals surface area contributed by atoms with E-state index in [0.29, 0.717) is 11.6 Å². The lowest BCUT2D eigenvalue weighted by atomic mass is 9.41. The Morgan fingerprint density at radius 1 is 0.500 bits per heavy atom. The minimum absolute atomic E-state index is 0.399. The molecule has 5 rings (SSSR count). The van der Waals surface area contributed by atoms with Gasteiger partial charge in [-0.1, -0.05) is 52.4 Å². The van der Waals surface area contributed by atoms with Gasteiger partial charge in [0.2, 0.25) is 0 Å². The lowest BCUT2D eigenvalue weighted by Gasteiger charge is -2.58. The van der Waals surface area contributed by atoms with Gasteiger partial charge < -0.3 is 0 Å². The van der Waals surface area contributed by atoms with Crippen LogP contribution in [-0.4, -0.2) is 11.6 Å². The number of carbonyl (C=O) groups excluding carboxylic acids is 2. The Bertz CT molecular complexity index is 600. The standard InChI is InChI=1S/C30H48O2/c1-3-21-5-9-23(10-6-21)25-13-17-29(18-14-25)27(31)30(28(29)32)19-15-26(16-20-30)24-11-7-22(4-2)8-12-24/h21-26H,3-20H2,1-2H3/t21-,22-,23-,24-,25?,26?,29?,30?. The van der Waals surface area contributed by atoms with E-state index < -0.39 is 10.8 Å². The normalized spacial score (nSPS) is 47.6. The van der Waals surface area contributed by atoms with E-state index in [2.05, 4.69) is 13.8 Å². The maximum absolute atomic E-state index is 13.6. The maximum Gasteiger partial charge on any atom is 0.159 e. The van der Waals surface area contributed by atoms with E-state index in [0.717, 1.165) is 86.9 Å². The van der Waals surface area contributed by atoms with Gasteiger partial charge in [0.25, 0.3) is 0 Å². The highest BCUT2D eigenvalue weighted by molar-refractivity contribution is 6.30. The summed E-state index contributed by atoms with van der Waals surface area (Å²) >= 11 is 0. The van der Waals surface area contributed by atoms with Crippen molar-refractivity contribution in [2.24, 2.45) is 46.3 Å². The van der Waals surface area contributed by atoms with Crippen molar-refractivity contribution in [1.82, 2.24) is 0 Å². The molecule has 2 heteroatoms. The summed E-state index contributed by atoms with van der Waals surface area (Å²) in [6.07, 6.45) is 22.0. The quantitative estimate of drug-likeness (QED) is 0.416. The topological polar surface area (TPSA) is 34.1 Å². The maximum atomic E-state index is 13.6. The van der Waals surface area contributed by atoms with Crippen molar-refractivity contribution < 1.29 is 9.59 Å². The Labute approximate surface area is 197 Å². The van der Waals surface area contributed by atoms with E-state index in [4.69, 9.17) is 0 Å². The van der Waals surface area contributed by atoms with Crippen LogP contribution in [0.1, 0.15) is 129 Å². The van der Waals surface area contributed by atoms with Gasteiger partial charge in [-0.25, -0.2) is 0 Å². The van der Waals surface area contributed by atoms with Crippen LogP contribution in [0.2, 0.25) is 0 Å². The Morgan fingerprint density at radius 3 is 1.06 bits per heavy atom. The average molecular weight is 441 g/mol. The van der Waals surface area contributed by atoms with Crippen molar-refractivity contribution >= 4 is 11.6 Å². The molecule has 32 heavy (non-hydrogen) atoms. The fourth-order valence-corrected chi connectivity index (χ4v) is 9.31. The number of rotatable bonds is 4. The van der Waals surface area contributed by atoms with Crippen molar-refractivity contribution in [1.29, 1.82) is 0 Å². The van der Waals surface area contributed by atoms with Crippen molar-refractivity contribution in [2.45, 2.75) is 129 Å². The van der Waals surface area contributed by atoms with Crippen LogP contribution in [0.5, 0.6) is 0 Å². The predicted molar refractivity (Wildman–Crippen MR) is 130 cm³/mol. The minimum atomic E-state index is -0.539. The summed E-state index contributed by atoms with van der Waals surface area (Å²) in [6.45, 7) is 4.67. The SMILES string of the molecule is CC[C@H]1CC[C@H](C2CCC3(CC2)C(=O)C2(CCC([C@H]4CC[C@H](CC)CC4)CC2)C3=O)CC1. The molecule has 0 N–H and O–H groups in total. The molecule has 0 aromatic rings. The second-order valence-electron chi connectivity index (χ2n) is 12.9. The second kappa shape index (κ2) is 9.18. The molecule has 180 valence electrons. The van der Waals surface area contributed by atoms with E-state index in [9.17, 15) is 9.59 Å². The highest BCUT2D eigenvalue weighted by Crippen LogP contribution is 2.62. The number of ketones is 2. The van der Waals surface area contributed by atoms with Crippen LogP contribution in [0.4, 0.5) is 0 Å². The molecular formula is C30H48O2. The van der Waals surface area contributed by atoms with Crippen LogP contribution in [0, 0.1) is 46.3 Å². The van der Waals surface area contributed by atoms with E-state index in [-0.39, 0.29) is 0 Å². The van der Waals surface area contributed by atoms with Gasteiger partial charge in [0, 0.05) is 0 Å². The van der Waals surface area contributed by atoms with E-state index in [1.54, 1.807) is 0 Å². The van der Waals surface area contributed by atoms with E-state index in [1.807, 2.05) is 0 Å². The first-order chi connectivity index (χ1) is 15.5. The van der Waals surface area contributed by atoms with Crippen LogP contribution >= 0.6 is 0 Å². The number of hydrogen-bond acceptors (Lipinski definition) is 2. The molecule has 5 fully saturated rings. The van der Waals surface area contributed by atoms with E-state index >= 15 is 0 Å². The Hall–Kier alpha value is -0.660. The first-order valence-corrected chi connectivity index (χ1v) is 14.6. The van der Waals surface area contributed by atoms with Crippen molar-refractivity contribution in [3.63, 3.8) is 0 Å². The predicted octanol–water partition coefficient (Wildman–Crippen LogP) is 7.92. The highest BCUT2D eigenvalue weighted by atomic mass is 16.2. The highest BCUT2D eigenvalue weighted by Gasteiger charge is 2.71. The Morgan fingerprint density at radius 2 is 0.781 bits per heavy atom. The minimum Gasteiger partial charge on any atom is -0.297 e. The zero-order valence-corrected chi connectivity index (χ0v) is 21.0. The van der Waals surface area contributed by atoms with Gasteiger partial charge in [0.05, 0.1) is 10.8 Å². The third-order valence-electron chi connectivity index (χ3n) is 11.8. The van der Waals surface area contributed by atoms with Crippen molar-refractivity contribution in [3.05, 3.63) is 0 Å². The molecule has 5 aliphatic carbocycles. The molecule has 5 saturated carbocycles. The van der Waals surface area contributed by atoms with Gasteiger partial charge in [0.1, 0.15) is 0 Å². The summed E-state index contributed by atoms with van der Waals surface area (Å²) in [5.74, 6) is 6.00. The zero-order valence-electron chi connectivity index (χ0n) is 21.0. The number of carbonyl (C=O) groups is 2. The van der Waals surface area contributed by atoms with Gasteiger partial charge in [-0.2, -0.15) is 0 Å². The molecule has 2 spiro atoms. The summed E-state index contributed by atoms with van der Waals surface area (Å²) in [5.41, 5.74) is -1.08. The zero-order chi connectivity index (χ0) is 22.3. The number of hydrogen-bond donors (Lipinski definition) is 0. The fourth-order valence-electron chi connectivity index (χ4n) is 9.31. The van der Waals surface area contributed by atoms with Gasteiger partial charge in [-0.3, -0.25) is 9.59 Å². The Kier molecular flexibility index (Phi) is 6.63. The molecule has 5 aliphatic rings. The summed E-state index contributed by atoms with van der Waals surface area (Å²) in [7, 11) is 0. The molecule has 0 unspecified atom stereocenters. The van der Waals surface area contributed by atoms with E-state index in [1.165, 1.54) is 64.2 Å². The van der Waals surface area contributed by atoms with Gasteiger partial charge in [0.15, 0.2) is 11.6 Å². The molecule has 0 atom stereocenters. The first-order valence-electron chi connectivity index (χ1n) is 14.6. The molecular weight excluding hydrogens is 392 g/mol. The molecule has 0 aliphatic heterocycles. The smallest absolute Gasteiger partial charge is 0.159 e. The van der Waals surface area contributed by atoms with Crippen LogP contribution in [-0.2, 0) is 9.59 Å². The third kappa shape index (κ3) is 3.74. The lowest BCUT2D eigenvalue weighted by molar-refractivity contribution is -0.179. The molecule has 0 aromatic carbocycles. The summed E-state index contributed by atoms with van der Waals surface area (Å²) < 4.78 is 0.